The average Bonchev–Trinajstić information content (AvgIpc) is 2.92. The molecule has 0 atom stereocenters. The van der Waals surface area contributed by atoms with Crippen molar-refractivity contribution >= 4 is 5.91 Å². The van der Waals surface area contributed by atoms with E-state index >= 15 is 0 Å². The van der Waals surface area contributed by atoms with Gasteiger partial charge in [-0.15, -0.1) is 0 Å². The van der Waals surface area contributed by atoms with Crippen molar-refractivity contribution in [2.24, 2.45) is 0 Å². The van der Waals surface area contributed by atoms with Gasteiger partial charge in [0.15, 0.2) is 0 Å². The molecule has 0 saturated carbocycles. The molecule has 20 heavy (non-hydrogen) atoms. The minimum atomic E-state index is 0.0104. The molecule has 1 heterocycles. The highest BCUT2D eigenvalue weighted by atomic mass is 16.1. The molecule has 0 fully saturated rings. The molecule has 0 aliphatic rings. The Kier molecular flexibility index (Phi) is 4.56. The number of aryl methyl sites for hydroxylation is 4. The maximum atomic E-state index is 12.2. The summed E-state index contributed by atoms with van der Waals surface area (Å²) in [6.07, 6.45) is 6.37. The van der Waals surface area contributed by atoms with Crippen LogP contribution < -0.4 is 5.32 Å². The van der Waals surface area contributed by atoms with E-state index < -0.39 is 0 Å². The Balaban J connectivity index is 1.87. The quantitative estimate of drug-likeness (QED) is 0.850. The van der Waals surface area contributed by atoms with E-state index in [1.165, 1.54) is 5.56 Å². The predicted octanol–water partition coefficient (Wildman–Crippen LogP) is 2.63. The van der Waals surface area contributed by atoms with Crippen LogP contribution in [0.5, 0.6) is 0 Å². The SMILES string of the molecule is Cc1cc(C)c(C(=O)NCCCn2ccnc2)cc1C. The first-order valence-electron chi connectivity index (χ1n) is 6.89. The highest BCUT2D eigenvalue weighted by Crippen LogP contribution is 2.15. The number of hydrogen-bond donors (Lipinski definition) is 1. The Morgan fingerprint density at radius 3 is 2.65 bits per heavy atom. The normalized spacial score (nSPS) is 10.6. The van der Waals surface area contributed by atoms with Crippen molar-refractivity contribution in [2.45, 2.75) is 33.7 Å². The first-order chi connectivity index (χ1) is 9.58. The van der Waals surface area contributed by atoms with Crippen molar-refractivity contribution in [1.82, 2.24) is 14.9 Å². The molecule has 0 radical (unpaired) electrons. The van der Waals surface area contributed by atoms with Gasteiger partial charge in [0.2, 0.25) is 0 Å². The monoisotopic (exact) mass is 271 g/mol. The molecule has 0 unspecified atom stereocenters. The largest absolute Gasteiger partial charge is 0.352 e. The summed E-state index contributed by atoms with van der Waals surface area (Å²) in [6.45, 7) is 7.61. The Labute approximate surface area is 119 Å². The summed E-state index contributed by atoms with van der Waals surface area (Å²) < 4.78 is 2.01. The number of carbonyl (C=O) groups is 1. The summed E-state index contributed by atoms with van der Waals surface area (Å²) in [5.41, 5.74) is 4.18. The smallest absolute Gasteiger partial charge is 0.251 e. The third-order valence-electron chi connectivity index (χ3n) is 3.52. The molecule has 0 aliphatic carbocycles. The van der Waals surface area contributed by atoms with Crippen LogP contribution in [0.2, 0.25) is 0 Å². The second-order valence-electron chi connectivity index (χ2n) is 5.16. The lowest BCUT2D eigenvalue weighted by Gasteiger charge is -2.10. The van der Waals surface area contributed by atoms with Crippen molar-refractivity contribution < 1.29 is 4.79 Å². The van der Waals surface area contributed by atoms with E-state index in [2.05, 4.69) is 23.3 Å². The van der Waals surface area contributed by atoms with Crippen LogP contribution in [-0.2, 0) is 6.54 Å². The molecule has 0 saturated heterocycles. The van der Waals surface area contributed by atoms with Crippen LogP contribution in [0.15, 0.2) is 30.9 Å². The fraction of sp³-hybridized carbons (Fsp3) is 0.375. The molecule has 4 heteroatoms. The number of rotatable bonds is 5. The first-order valence-corrected chi connectivity index (χ1v) is 6.89. The third kappa shape index (κ3) is 3.47. The topological polar surface area (TPSA) is 46.9 Å². The zero-order valence-electron chi connectivity index (χ0n) is 12.3. The number of carbonyl (C=O) groups excluding carboxylic acids is 1. The highest BCUT2D eigenvalue weighted by Gasteiger charge is 2.09. The standard InChI is InChI=1S/C16H21N3O/c1-12-9-14(3)15(10-13(12)2)16(20)18-5-4-7-19-8-6-17-11-19/h6,8-11H,4-5,7H2,1-3H3,(H,18,20). The van der Waals surface area contributed by atoms with Crippen LogP contribution in [0.4, 0.5) is 0 Å². The molecular weight excluding hydrogens is 250 g/mol. The molecule has 1 N–H and O–H groups in total. The Bertz CT molecular complexity index is 588. The van der Waals surface area contributed by atoms with Crippen molar-refractivity contribution in [3.8, 4) is 0 Å². The van der Waals surface area contributed by atoms with Gasteiger partial charge in [0.25, 0.3) is 5.91 Å². The number of aromatic nitrogens is 2. The van der Waals surface area contributed by atoms with Crippen LogP contribution in [0.3, 0.4) is 0 Å². The van der Waals surface area contributed by atoms with Crippen molar-refractivity contribution in [1.29, 1.82) is 0 Å². The molecule has 4 nitrogen and oxygen atoms in total. The lowest BCUT2D eigenvalue weighted by molar-refractivity contribution is 0.0952. The van der Waals surface area contributed by atoms with Gasteiger partial charge in [-0.25, -0.2) is 4.98 Å². The number of nitrogens with zero attached hydrogens (tertiary/aromatic N) is 2. The Morgan fingerprint density at radius 2 is 1.95 bits per heavy atom. The second-order valence-corrected chi connectivity index (χ2v) is 5.16. The average molecular weight is 271 g/mol. The number of nitrogens with one attached hydrogen (secondary N) is 1. The van der Waals surface area contributed by atoms with Gasteiger partial charge in [-0.2, -0.15) is 0 Å². The molecule has 0 spiro atoms. The minimum absolute atomic E-state index is 0.0104. The molecule has 2 rings (SSSR count). The number of benzene rings is 1. The number of imidazole rings is 1. The molecule has 0 bridgehead atoms. The van der Waals surface area contributed by atoms with Gasteiger partial charge in [-0.05, 0) is 49.9 Å². The second kappa shape index (κ2) is 6.37. The van der Waals surface area contributed by atoms with E-state index in [4.69, 9.17) is 0 Å². The summed E-state index contributed by atoms with van der Waals surface area (Å²) in [7, 11) is 0. The van der Waals surface area contributed by atoms with Gasteiger partial charge in [-0.3, -0.25) is 4.79 Å². The maximum absolute atomic E-state index is 12.2. The minimum Gasteiger partial charge on any atom is -0.352 e. The number of hydrogen-bond acceptors (Lipinski definition) is 2. The fourth-order valence-electron chi connectivity index (χ4n) is 2.18. The maximum Gasteiger partial charge on any atom is 0.251 e. The number of amides is 1. The van der Waals surface area contributed by atoms with E-state index in [0.29, 0.717) is 6.54 Å². The van der Waals surface area contributed by atoms with Crippen molar-refractivity contribution in [2.75, 3.05) is 6.54 Å². The summed E-state index contributed by atoms with van der Waals surface area (Å²) in [6, 6.07) is 4.03. The fourth-order valence-corrected chi connectivity index (χ4v) is 2.18. The van der Waals surface area contributed by atoms with E-state index in [9.17, 15) is 4.79 Å². The van der Waals surface area contributed by atoms with Gasteiger partial charge in [0.05, 0.1) is 6.33 Å². The van der Waals surface area contributed by atoms with E-state index in [1.807, 2.05) is 30.7 Å². The zero-order valence-corrected chi connectivity index (χ0v) is 12.3. The van der Waals surface area contributed by atoms with Gasteiger partial charge in [0.1, 0.15) is 0 Å². The van der Waals surface area contributed by atoms with Crippen LogP contribution in [0, 0.1) is 20.8 Å². The summed E-state index contributed by atoms with van der Waals surface area (Å²) >= 11 is 0. The molecule has 0 aliphatic heterocycles. The van der Waals surface area contributed by atoms with Gasteiger partial charge >= 0.3 is 0 Å². The first kappa shape index (κ1) is 14.3. The molecule has 106 valence electrons. The predicted molar refractivity (Wildman–Crippen MR) is 79.8 cm³/mol. The summed E-state index contributed by atoms with van der Waals surface area (Å²) in [4.78, 5) is 16.1. The van der Waals surface area contributed by atoms with E-state index in [1.54, 1.807) is 12.5 Å². The van der Waals surface area contributed by atoms with E-state index in [0.717, 1.165) is 29.7 Å². The zero-order chi connectivity index (χ0) is 14.5. The Hall–Kier alpha value is -2.10. The van der Waals surface area contributed by atoms with Gasteiger partial charge < -0.3 is 9.88 Å². The highest BCUT2D eigenvalue weighted by molar-refractivity contribution is 5.95. The van der Waals surface area contributed by atoms with Crippen LogP contribution in [-0.4, -0.2) is 22.0 Å². The lowest BCUT2D eigenvalue weighted by atomic mass is 10.0. The van der Waals surface area contributed by atoms with Crippen LogP contribution >= 0.6 is 0 Å². The summed E-state index contributed by atoms with van der Waals surface area (Å²) in [5.74, 6) is 0.0104. The molecule has 1 amide bonds. The summed E-state index contributed by atoms with van der Waals surface area (Å²) in [5, 5.41) is 2.98. The van der Waals surface area contributed by atoms with Crippen molar-refractivity contribution in [3.05, 3.63) is 53.1 Å². The molecular formula is C16H21N3O. The van der Waals surface area contributed by atoms with Gasteiger partial charge in [0, 0.05) is 31.0 Å². The van der Waals surface area contributed by atoms with E-state index in [-0.39, 0.29) is 5.91 Å². The lowest BCUT2D eigenvalue weighted by Crippen LogP contribution is -2.26. The molecule has 2 aromatic rings. The third-order valence-corrected chi connectivity index (χ3v) is 3.52. The molecule has 1 aromatic heterocycles. The van der Waals surface area contributed by atoms with Crippen LogP contribution in [0.25, 0.3) is 0 Å². The molecule has 1 aromatic carbocycles. The Morgan fingerprint density at radius 1 is 1.20 bits per heavy atom. The van der Waals surface area contributed by atoms with Gasteiger partial charge in [-0.1, -0.05) is 6.07 Å². The van der Waals surface area contributed by atoms with Crippen LogP contribution in [0.1, 0.15) is 33.5 Å². The van der Waals surface area contributed by atoms with Crippen molar-refractivity contribution in [3.63, 3.8) is 0 Å².